The summed E-state index contributed by atoms with van der Waals surface area (Å²) in [6, 6.07) is 40.8. The molecular formula is C51H48ClNO13S. The van der Waals surface area contributed by atoms with Gasteiger partial charge in [-0.2, -0.15) is 0 Å². The molecule has 3 saturated heterocycles. The van der Waals surface area contributed by atoms with Crippen molar-refractivity contribution >= 4 is 47.1 Å². The van der Waals surface area contributed by atoms with Gasteiger partial charge in [0.15, 0.2) is 24.8 Å². The minimum atomic E-state index is -1.48. The Hall–Kier alpha value is -5.46. The predicted octanol–water partition coefficient (Wildman–Crippen LogP) is 7.71. The van der Waals surface area contributed by atoms with Crippen molar-refractivity contribution in [2.75, 3.05) is 13.2 Å². The number of nitrogens with zero attached hydrogens (tertiary/aromatic N) is 1. The Kier molecular flexibility index (Phi) is 14.8. The monoisotopic (exact) mass is 949 g/mol. The second-order valence-electron chi connectivity index (χ2n) is 16.4. The predicted molar refractivity (Wildman–Crippen MR) is 242 cm³/mol. The standard InChI is InChI=1S/C51H48ClNO13S/c1-30(54)61-45-43-40(29-60-49(65-43)34-18-10-5-11-19-34)63-50(46(45)62-31(2)55)66-42-39(28-58-26-32-14-6-3-7-15-32)64-51(67-36-24-22-35(52)23-25-36)41(44(42)59-27-33-16-8-4-9-17-33)53-47(56)37-20-12-13-21-38(37)48(53)57/h3-25,39-46,49-51H,26-29H2,1-2H3/t39-,40-,41-,42-,43+,44-,45+,46-,49?,50+,51+/m1/s1. The van der Waals surface area contributed by atoms with Crippen LogP contribution in [0.4, 0.5) is 0 Å². The van der Waals surface area contributed by atoms with Crippen molar-refractivity contribution in [1.82, 2.24) is 4.90 Å². The number of esters is 2. The average Bonchev–Trinajstić information content (AvgIpc) is 3.59. The number of ether oxygens (including phenoxy) is 9. The third kappa shape index (κ3) is 10.7. The van der Waals surface area contributed by atoms with Gasteiger partial charge in [-0.15, -0.1) is 0 Å². The molecule has 16 heteroatoms. The molecule has 0 radical (unpaired) electrons. The van der Waals surface area contributed by atoms with E-state index in [1.165, 1.54) is 30.5 Å². The fourth-order valence-corrected chi connectivity index (χ4v) is 10.0. The van der Waals surface area contributed by atoms with Crippen molar-refractivity contribution in [2.45, 2.75) is 98.7 Å². The molecule has 5 aromatic carbocycles. The highest BCUT2D eigenvalue weighted by atomic mass is 35.5. The zero-order valence-electron chi connectivity index (χ0n) is 36.5. The molecule has 4 aliphatic heterocycles. The highest BCUT2D eigenvalue weighted by molar-refractivity contribution is 7.99. The molecule has 0 bridgehead atoms. The van der Waals surface area contributed by atoms with Crippen LogP contribution in [-0.4, -0.2) is 102 Å². The molecule has 4 heterocycles. The van der Waals surface area contributed by atoms with E-state index in [2.05, 4.69) is 0 Å². The van der Waals surface area contributed by atoms with Crippen LogP contribution >= 0.6 is 23.4 Å². The first-order valence-corrected chi connectivity index (χ1v) is 23.2. The highest BCUT2D eigenvalue weighted by Gasteiger charge is 2.59. The van der Waals surface area contributed by atoms with Gasteiger partial charge in [-0.05, 0) is 47.5 Å². The Labute approximate surface area is 396 Å². The Morgan fingerprint density at radius 2 is 1.25 bits per heavy atom. The minimum Gasteiger partial charge on any atom is -0.455 e. The molecule has 1 unspecified atom stereocenters. The van der Waals surface area contributed by atoms with Gasteiger partial charge in [-0.25, -0.2) is 0 Å². The number of carbonyl (C=O) groups is 4. The van der Waals surface area contributed by atoms with E-state index in [0.717, 1.165) is 16.0 Å². The molecular weight excluding hydrogens is 902 g/mol. The topological polar surface area (TPSA) is 155 Å². The number of halogens is 1. The Morgan fingerprint density at radius 3 is 1.88 bits per heavy atom. The van der Waals surface area contributed by atoms with Crippen LogP contribution in [0.5, 0.6) is 0 Å². The van der Waals surface area contributed by atoms with E-state index in [1.807, 2.05) is 103 Å². The number of imide groups is 1. The van der Waals surface area contributed by atoms with Gasteiger partial charge in [0.2, 0.25) is 0 Å². The summed E-state index contributed by atoms with van der Waals surface area (Å²) in [5, 5.41) is 0.518. The normalized spacial score (nSPS) is 28.0. The van der Waals surface area contributed by atoms with Crippen LogP contribution in [0.25, 0.3) is 0 Å². The van der Waals surface area contributed by atoms with E-state index in [0.29, 0.717) is 10.6 Å². The first-order chi connectivity index (χ1) is 32.6. The number of thioether (sulfide) groups is 1. The Bertz CT molecular complexity index is 2470. The van der Waals surface area contributed by atoms with Gasteiger partial charge in [-0.3, -0.25) is 24.1 Å². The van der Waals surface area contributed by atoms with E-state index in [1.54, 1.807) is 36.4 Å². The second kappa shape index (κ2) is 21.2. The van der Waals surface area contributed by atoms with Crippen molar-refractivity contribution in [3.05, 3.63) is 172 Å². The molecule has 0 saturated carbocycles. The second-order valence-corrected chi connectivity index (χ2v) is 18.0. The van der Waals surface area contributed by atoms with Gasteiger partial charge in [0, 0.05) is 29.3 Å². The van der Waals surface area contributed by atoms with Gasteiger partial charge in [0.1, 0.15) is 42.0 Å². The van der Waals surface area contributed by atoms with Crippen molar-refractivity contribution < 1.29 is 61.8 Å². The quantitative estimate of drug-likeness (QED) is 0.0743. The van der Waals surface area contributed by atoms with Crippen LogP contribution in [0.15, 0.2) is 144 Å². The summed E-state index contributed by atoms with van der Waals surface area (Å²) in [5.41, 5.74) is 1.88. The summed E-state index contributed by atoms with van der Waals surface area (Å²) in [5.74, 6) is -2.48. The molecule has 0 N–H and O–H groups in total. The molecule has 11 atom stereocenters. The maximum absolute atomic E-state index is 14.6. The van der Waals surface area contributed by atoms with E-state index in [4.69, 9.17) is 54.2 Å². The lowest BCUT2D eigenvalue weighted by Crippen LogP contribution is -2.69. The smallest absolute Gasteiger partial charge is 0.303 e. The van der Waals surface area contributed by atoms with Gasteiger partial charge in [0.05, 0.1) is 37.6 Å². The van der Waals surface area contributed by atoms with E-state index < -0.39 is 90.5 Å². The van der Waals surface area contributed by atoms with Crippen LogP contribution in [0.2, 0.25) is 5.02 Å². The molecule has 0 spiro atoms. The lowest BCUT2D eigenvalue weighted by atomic mass is 9.94. The molecule has 3 fully saturated rings. The molecule has 5 aromatic rings. The van der Waals surface area contributed by atoms with Crippen molar-refractivity contribution in [3.8, 4) is 0 Å². The average molecular weight is 950 g/mol. The van der Waals surface area contributed by atoms with Crippen LogP contribution in [0.3, 0.4) is 0 Å². The summed E-state index contributed by atoms with van der Waals surface area (Å²) in [7, 11) is 0. The number of hydrogen-bond donors (Lipinski definition) is 0. The summed E-state index contributed by atoms with van der Waals surface area (Å²) < 4.78 is 58.7. The van der Waals surface area contributed by atoms with E-state index in [-0.39, 0.29) is 37.6 Å². The zero-order valence-corrected chi connectivity index (χ0v) is 38.1. The van der Waals surface area contributed by atoms with E-state index in [9.17, 15) is 19.2 Å². The lowest BCUT2D eigenvalue weighted by molar-refractivity contribution is -0.378. The summed E-state index contributed by atoms with van der Waals surface area (Å²) in [6.07, 6.45) is -10.3. The minimum absolute atomic E-state index is 0.0170. The molecule has 4 aliphatic rings. The maximum atomic E-state index is 14.6. The largest absolute Gasteiger partial charge is 0.455 e. The SMILES string of the molecule is CC(=O)O[C@H]1[C@H]2OC(c3ccccc3)OC[C@H]2O[C@@H](O[C@H]2[C@H](OCc3ccccc3)[C@@H](N3C(=O)c4ccccc4C3=O)[C@H](Sc3ccc(Cl)cc3)O[C@@H]2COCc2ccccc2)[C@@H]1OC(C)=O. The van der Waals surface area contributed by atoms with Gasteiger partial charge in [-0.1, -0.05) is 126 Å². The Morgan fingerprint density at radius 1 is 0.672 bits per heavy atom. The van der Waals surface area contributed by atoms with E-state index >= 15 is 0 Å². The first kappa shape index (κ1) is 46.6. The van der Waals surface area contributed by atoms with Crippen LogP contribution in [0, 0.1) is 0 Å². The fraction of sp³-hybridized carbons (Fsp3) is 0.333. The molecule has 14 nitrogen and oxygen atoms in total. The van der Waals surface area contributed by atoms with Crippen molar-refractivity contribution in [2.24, 2.45) is 0 Å². The first-order valence-electron chi connectivity index (χ1n) is 21.9. The number of fused-ring (bicyclic) bond motifs is 2. The fourth-order valence-electron chi connectivity index (χ4n) is 8.74. The molecule has 2 amide bonds. The lowest BCUT2D eigenvalue weighted by Gasteiger charge is -2.52. The summed E-state index contributed by atoms with van der Waals surface area (Å²) in [4.78, 5) is 57.1. The zero-order chi connectivity index (χ0) is 46.4. The molecule has 9 rings (SSSR count). The third-order valence-corrected chi connectivity index (χ3v) is 13.2. The van der Waals surface area contributed by atoms with Gasteiger partial charge < -0.3 is 42.6 Å². The molecule has 0 aliphatic carbocycles. The highest BCUT2D eigenvalue weighted by Crippen LogP contribution is 2.44. The van der Waals surface area contributed by atoms with Crippen LogP contribution in [0.1, 0.15) is 57.5 Å². The van der Waals surface area contributed by atoms with Crippen molar-refractivity contribution in [1.29, 1.82) is 0 Å². The third-order valence-electron chi connectivity index (χ3n) is 11.7. The summed E-state index contributed by atoms with van der Waals surface area (Å²) >= 11 is 7.60. The number of amides is 2. The number of benzene rings is 5. The molecule has 348 valence electrons. The Balaban J connectivity index is 1.14. The number of rotatable bonds is 15. The van der Waals surface area contributed by atoms with Crippen molar-refractivity contribution in [3.63, 3.8) is 0 Å². The van der Waals surface area contributed by atoms with Crippen LogP contribution < -0.4 is 0 Å². The maximum Gasteiger partial charge on any atom is 0.303 e. The molecule has 67 heavy (non-hydrogen) atoms. The number of carbonyl (C=O) groups excluding carboxylic acids is 4. The van der Waals surface area contributed by atoms with Gasteiger partial charge in [0.25, 0.3) is 11.8 Å². The number of hydrogen-bond acceptors (Lipinski definition) is 14. The summed E-state index contributed by atoms with van der Waals surface area (Å²) in [6.45, 7) is 2.58. The molecule has 0 aromatic heterocycles. The van der Waals surface area contributed by atoms with Crippen LogP contribution in [-0.2, 0) is 65.4 Å². The van der Waals surface area contributed by atoms with Gasteiger partial charge >= 0.3 is 11.9 Å².